The van der Waals surface area contributed by atoms with Crippen LogP contribution < -0.4 is 10.1 Å². The van der Waals surface area contributed by atoms with Crippen LogP contribution in [0.15, 0.2) is 30.3 Å². The largest absolute Gasteiger partial charge is 0.573 e. The quantitative estimate of drug-likeness (QED) is 0.643. The molecule has 126 valence electrons. The van der Waals surface area contributed by atoms with Crippen molar-refractivity contribution in [2.24, 2.45) is 0 Å². The van der Waals surface area contributed by atoms with Crippen molar-refractivity contribution < 1.29 is 32.2 Å². The van der Waals surface area contributed by atoms with Gasteiger partial charge in [0.2, 0.25) is 0 Å². The van der Waals surface area contributed by atoms with Crippen LogP contribution in [0.5, 0.6) is 5.75 Å². The van der Waals surface area contributed by atoms with Gasteiger partial charge in [0.15, 0.2) is 6.10 Å². The van der Waals surface area contributed by atoms with Crippen LogP contribution in [0.25, 0.3) is 6.08 Å². The molecule has 0 aliphatic heterocycles. The van der Waals surface area contributed by atoms with Gasteiger partial charge in [-0.2, -0.15) is 0 Å². The average molecular weight is 331 g/mol. The summed E-state index contributed by atoms with van der Waals surface area (Å²) in [5.74, 6) is -1.51. The molecule has 0 aliphatic carbocycles. The van der Waals surface area contributed by atoms with Gasteiger partial charge in [0.05, 0.1) is 0 Å². The van der Waals surface area contributed by atoms with Gasteiger partial charge in [-0.25, -0.2) is 4.79 Å². The van der Waals surface area contributed by atoms with Crippen molar-refractivity contribution in [3.63, 3.8) is 0 Å². The Labute approximate surface area is 131 Å². The van der Waals surface area contributed by atoms with E-state index in [-0.39, 0.29) is 5.75 Å². The zero-order chi connectivity index (χ0) is 17.5. The van der Waals surface area contributed by atoms with Crippen LogP contribution in [0.3, 0.4) is 0 Å². The summed E-state index contributed by atoms with van der Waals surface area (Å²) in [5.41, 5.74) is 0.474. The number of hydrogen-bond donors (Lipinski definition) is 1. The number of rotatable bonds is 6. The minimum atomic E-state index is -4.75. The van der Waals surface area contributed by atoms with Crippen LogP contribution in [-0.2, 0) is 14.3 Å². The highest BCUT2D eigenvalue weighted by atomic mass is 19.4. The molecule has 1 rings (SSSR count). The lowest BCUT2D eigenvalue weighted by Gasteiger charge is -2.10. The van der Waals surface area contributed by atoms with Crippen molar-refractivity contribution in [1.82, 2.24) is 5.32 Å². The van der Waals surface area contributed by atoms with E-state index in [4.69, 9.17) is 4.74 Å². The molecule has 23 heavy (non-hydrogen) atoms. The van der Waals surface area contributed by atoms with Gasteiger partial charge >= 0.3 is 12.3 Å². The first-order valence-corrected chi connectivity index (χ1v) is 6.73. The van der Waals surface area contributed by atoms with Gasteiger partial charge in [0, 0.05) is 12.6 Å². The minimum absolute atomic E-state index is 0.359. The number of nitrogens with one attached hydrogen (secondary N) is 1. The number of alkyl halides is 3. The monoisotopic (exact) mass is 331 g/mol. The van der Waals surface area contributed by atoms with E-state index in [1.165, 1.54) is 25.1 Å². The predicted molar refractivity (Wildman–Crippen MR) is 76.4 cm³/mol. The van der Waals surface area contributed by atoms with Crippen molar-refractivity contribution in [1.29, 1.82) is 0 Å². The number of likely N-dealkylation sites (N-methyl/N-ethyl adjacent to an activating group) is 1. The smallest absolute Gasteiger partial charge is 0.449 e. The fourth-order valence-corrected chi connectivity index (χ4v) is 1.53. The van der Waals surface area contributed by atoms with Gasteiger partial charge in [-0.1, -0.05) is 12.1 Å². The lowest BCUT2D eigenvalue weighted by atomic mass is 10.2. The molecule has 0 aromatic heterocycles. The zero-order valence-electron chi connectivity index (χ0n) is 12.5. The summed E-state index contributed by atoms with van der Waals surface area (Å²) in [6.45, 7) is 3.58. The van der Waals surface area contributed by atoms with Crippen LogP contribution in [0, 0.1) is 0 Å². The van der Waals surface area contributed by atoms with E-state index in [1.807, 2.05) is 0 Å². The Hall–Kier alpha value is -2.51. The van der Waals surface area contributed by atoms with E-state index in [1.54, 1.807) is 6.92 Å². The highest BCUT2D eigenvalue weighted by molar-refractivity contribution is 5.90. The Balaban J connectivity index is 2.56. The molecule has 0 spiro atoms. The molecule has 0 saturated heterocycles. The zero-order valence-corrected chi connectivity index (χ0v) is 12.5. The molecule has 1 aromatic carbocycles. The third-order valence-electron chi connectivity index (χ3n) is 2.54. The average Bonchev–Trinajstić information content (AvgIpc) is 2.45. The van der Waals surface area contributed by atoms with Gasteiger partial charge in [-0.15, -0.1) is 13.2 Å². The molecule has 0 aliphatic rings. The van der Waals surface area contributed by atoms with E-state index >= 15 is 0 Å². The van der Waals surface area contributed by atoms with Gasteiger partial charge in [-0.05, 0) is 37.6 Å². The molecule has 0 heterocycles. The second-order valence-electron chi connectivity index (χ2n) is 4.42. The number of ether oxygens (including phenoxy) is 2. The highest BCUT2D eigenvalue weighted by Crippen LogP contribution is 2.22. The van der Waals surface area contributed by atoms with E-state index in [0.717, 1.165) is 18.2 Å². The first-order chi connectivity index (χ1) is 10.7. The fourth-order valence-electron chi connectivity index (χ4n) is 1.53. The minimum Gasteiger partial charge on any atom is -0.449 e. The van der Waals surface area contributed by atoms with E-state index < -0.39 is 24.3 Å². The SMILES string of the molecule is CCNC(=O)[C@H](C)OC(=O)/C=C/c1ccc(OC(F)(F)F)cc1. The molecular formula is C15H16F3NO4. The summed E-state index contributed by atoms with van der Waals surface area (Å²) in [6.07, 6.45) is -3.26. The summed E-state index contributed by atoms with van der Waals surface area (Å²) in [6, 6.07) is 4.93. The third kappa shape index (κ3) is 7.35. The number of hydrogen-bond acceptors (Lipinski definition) is 4. The van der Waals surface area contributed by atoms with Crippen LogP contribution in [0.2, 0.25) is 0 Å². The van der Waals surface area contributed by atoms with Crippen LogP contribution >= 0.6 is 0 Å². The lowest BCUT2D eigenvalue weighted by molar-refractivity contribution is -0.274. The molecule has 0 fully saturated rings. The maximum absolute atomic E-state index is 12.0. The standard InChI is InChI=1S/C15H16F3NO4/c1-3-19-14(21)10(2)22-13(20)9-6-11-4-7-12(8-5-11)23-15(16,17)18/h4-10H,3H2,1-2H3,(H,19,21)/b9-6+/t10-/m0/s1. The van der Waals surface area contributed by atoms with Gasteiger partial charge in [0.1, 0.15) is 5.75 Å². The van der Waals surface area contributed by atoms with Crippen molar-refractivity contribution >= 4 is 18.0 Å². The Morgan fingerprint density at radius 3 is 2.39 bits per heavy atom. The lowest BCUT2D eigenvalue weighted by Crippen LogP contribution is -2.35. The second-order valence-corrected chi connectivity index (χ2v) is 4.42. The Bertz CT molecular complexity index is 567. The molecule has 1 aromatic rings. The number of amides is 1. The highest BCUT2D eigenvalue weighted by Gasteiger charge is 2.30. The molecule has 1 atom stereocenters. The molecule has 0 saturated carbocycles. The molecule has 1 amide bonds. The molecule has 0 unspecified atom stereocenters. The first kappa shape index (κ1) is 18.5. The number of benzene rings is 1. The van der Waals surface area contributed by atoms with Crippen molar-refractivity contribution in [2.75, 3.05) is 6.54 Å². The van der Waals surface area contributed by atoms with E-state index in [0.29, 0.717) is 12.1 Å². The molecule has 5 nitrogen and oxygen atoms in total. The summed E-state index contributed by atoms with van der Waals surface area (Å²) in [4.78, 5) is 22.9. The predicted octanol–water partition coefficient (Wildman–Crippen LogP) is 2.67. The summed E-state index contributed by atoms with van der Waals surface area (Å²) < 4.78 is 44.6. The van der Waals surface area contributed by atoms with Crippen molar-refractivity contribution in [2.45, 2.75) is 26.3 Å². The Kier molecular flexibility index (Phi) is 6.62. The maximum Gasteiger partial charge on any atom is 0.573 e. The Morgan fingerprint density at radius 1 is 1.26 bits per heavy atom. The van der Waals surface area contributed by atoms with Crippen LogP contribution in [0.4, 0.5) is 13.2 Å². The topological polar surface area (TPSA) is 64.6 Å². The maximum atomic E-state index is 12.0. The summed E-state index contributed by atoms with van der Waals surface area (Å²) in [5, 5.41) is 2.50. The van der Waals surface area contributed by atoms with Crippen molar-refractivity contribution in [3.05, 3.63) is 35.9 Å². The van der Waals surface area contributed by atoms with E-state index in [9.17, 15) is 22.8 Å². The van der Waals surface area contributed by atoms with Gasteiger partial charge in [0.25, 0.3) is 5.91 Å². The number of halogens is 3. The summed E-state index contributed by atoms with van der Waals surface area (Å²) in [7, 11) is 0. The van der Waals surface area contributed by atoms with Crippen LogP contribution in [0.1, 0.15) is 19.4 Å². The van der Waals surface area contributed by atoms with Crippen LogP contribution in [-0.4, -0.2) is 30.9 Å². The molecular weight excluding hydrogens is 315 g/mol. The first-order valence-electron chi connectivity index (χ1n) is 6.73. The number of carbonyl (C=O) groups excluding carboxylic acids is 2. The second kappa shape index (κ2) is 8.21. The molecule has 0 radical (unpaired) electrons. The summed E-state index contributed by atoms with van der Waals surface area (Å²) >= 11 is 0. The molecule has 8 heteroatoms. The normalized spacial score (nSPS) is 12.7. The number of esters is 1. The Morgan fingerprint density at radius 2 is 1.87 bits per heavy atom. The van der Waals surface area contributed by atoms with Crippen molar-refractivity contribution in [3.8, 4) is 5.75 Å². The van der Waals surface area contributed by atoms with Gasteiger partial charge in [-0.3, -0.25) is 4.79 Å². The fraction of sp³-hybridized carbons (Fsp3) is 0.333. The van der Waals surface area contributed by atoms with Gasteiger partial charge < -0.3 is 14.8 Å². The molecule has 0 bridgehead atoms. The molecule has 1 N–H and O–H groups in total. The third-order valence-corrected chi connectivity index (χ3v) is 2.54. The number of carbonyl (C=O) groups is 2. The van der Waals surface area contributed by atoms with E-state index in [2.05, 4.69) is 10.1 Å².